The van der Waals surface area contributed by atoms with Crippen molar-refractivity contribution in [2.75, 3.05) is 0 Å². The minimum Gasteiger partial charge on any atom is -0.481 e. The summed E-state index contributed by atoms with van der Waals surface area (Å²) in [7, 11) is 0. The molecule has 1 aliphatic carbocycles. The summed E-state index contributed by atoms with van der Waals surface area (Å²) in [4.78, 5) is 22.8. The van der Waals surface area contributed by atoms with Crippen LogP contribution >= 0.6 is 11.3 Å². The monoisotopic (exact) mass is 196 g/mol. The summed E-state index contributed by atoms with van der Waals surface area (Å²) in [5.74, 6) is -1.41. The van der Waals surface area contributed by atoms with Gasteiger partial charge in [-0.25, -0.2) is 0 Å². The van der Waals surface area contributed by atoms with Crippen LogP contribution in [0.5, 0.6) is 0 Å². The van der Waals surface area contributed by atoms with Crippen molar-refractivity contribution in [2.45, 2.75) is 12.8 Å². The highest BCUT2D eigenvalue weighted by molar-refractivity contribution is 7.12. The molecule has 2 rings (SSSR count). The van der Waals surface area contributed by atoms with Gasteiger partial charge in [-0.1, -0.05) is 0 Å². The van der Waals surface area contributed by atoms with Gasteiger partial charge < -0.3 is 5.11 Å². The Hall–Kier alpha value is -1.16. The summed E-state index contributed by atoms with van der Waals surface area (Å²) in [6, 6.07) is 1.84. The van der Waals surface area contributed by atoms with Crippen molar-refractivity contribution < 1.29 is 14.7 Å². The number of hydrogen-bond donors (Lipinski definition) is 1. The van der Waals surface area contributed by atoms with Gasteiger partial charge in [-0.2, -0.15) is 0 Å². The predicted molar refractivity (Wildman–Crippen MR) is 48.1 cm³/mol. The van der Waals surface area contributed by atoms with Crippen molar-refractivity contribution in [1.82, 2.24) is 0 Å². The number of rotatable bonds is 1. The van der Waals surface area contributed by atoms with Crippen LogP contribution in [0.4, 0.5) is 0 Å². The molecule has 1 aromatic rings. The standard InChI is InChI=1S/C9H8O3S/c10-7-4-6(9(11)12)3-5-1-2-13-8(5)7/h1-2,6H,3-4H2,(H,11,12)/t6-/m1/s1. The van der Waals surface area contributed by atoms with Crippen LogP contribution in [0.2, 0.25) is 0 Å². The van der Waals surface area contributed by atoms with E-state index in [1.807, 2.05) is 11.4 Å². The third-order valence-electron chi connectivity index (χ3n) is 2.25. The molecule has 0 bridgehead atoms. The molecular weight excluding hydrogens is 188 g/mol. The van der Waals surface area contributed by atoms with E-state index in [0.29, 0.717) is 6.42 Å². The first-order chi connectivity index (χ1) is 6.18. The summed E-state index contributed by atoms with van der Waals surface area (Å²) < 4.78 is 0. The van der Waals surface area contributed by atoms with E-state index in [1.165, 1.54) is 11.3 Å². The highest BCUT2D eigenvalue weighted by atomic mass is 32.1. The molecule has 3 nitrogen and oxygen atoms in total. The predicted octanol–water partition coefficient (Wildman–Crippen LogP) is 1.58. The first-order valence-electron chi connectivity index (χ1n) is 4.01. The fraction of sp³-hybridized carbons (Fsp3) is 0.333. The Kier molecular flexibility index (Phi) is 1.92. The fourth-order valence-corrected chi connectivity index (χ4v) is 2.46. The minimum absolute atomic E-state index is 0.0244. The Balaban J connectivity index is 2.34. The van der Waals surface area contributed by atoms with Crippen LogP contribution in [0, 0.1) is 5.92 Å². The Morgan fingerprint density at radius 2 is 2.31 bits per heavy atom. The van der Waals surface area contributed by atoms with Crippen LogP contribution in [0.15, 0.2) is 11.4 Å². The Morgan fingerprint density at radius 1 is 1.54 bits per heavy atom. The van der Waals surface area contributed by atoms with Gasteiger partial charge in [0.25, 0.3) is 0 Å². The molecule has 1 aliphatic rings. The lowest BCUT2D eigenvalue weighted by atomic mass is 9.88. The lowest BCUT2D eigenvalue weighted by molar-refractivity contribution is -0.141. The normalized spacial score (nSPS) is 21.2. The molecule has 1 heterocycles. The zero-order chi connectivity index (χ0) is 9.42. The van der Waals surface area contributed by atoms with Gasteiger partial charge in [-0.3, -0.25) is 9.59 Å². The van der Waals surface area contributed by atoms with Gasteiger partial charge in [0.1, 0.15) is 0 Å². The first kappa shape index (κ1) is 8.44. The van der Waals surface area contributed by atoms with Crippen LogP contribution < -0.4 is 0 Å². The van der Waals surface area contributed by atoms with Gasteiger partial charge in [0.15, 0.2) is 5.78 Å². The second-order valence-corrected chi connectivity index (χ2v) is 4.06. The molecule has 0 saturated heterocycles. The number of carbonyl (C=O) groups excluding carboxylic acids is 1. The molecule has 0 spiro atoms. The number of hydrogen-bond acceptors (Lipinski definition) is 3. The number of Topliss-reactive ketones (excluding diaryl/α,β-unsaturated/α-hetero) is 1. The van der Waals surface area contributed by atoms with Crippen LogP contribution in [0.25, 0.3) is 0 Å². The van der Waals surface area contributed by atoms with Crippen LogP contribution in [0.1, 0.15) is 21.7 Å². The lowest BCUT2D eigenvalue weighted by Gasteiger charge is -2.16. The van der Waals surface area contributed by atoms with E-state index in [1.54, 1.807) is 0 Å². The average Bonchev–Trinajstić information content (AvgIpc) is 2.51. The van der Waals surface area contributed by atoms with E-state index in [-0.39, 0.29) is 12.2 Å². The van der Waals surface area contributed by atoms with Crippen molar-refractivity contribution >= 4 is 23.1 Å². The average molecular weight is 196 g/mol. The molecule has 0 amide bonds. The van der Waals surface area contributed by atoms with E-state index >= 15 is 0 Å². The molecule has 0 aromatic carbocycles. The van der Waals surface area contributed by atoms with E-state index in [9.17, 15) is 9.59 Å². The molecule has 1 N–H and O–H groups in total. The molecular formula is C9H8O3S. The number of fused-ring (bicyclic) bond motifs is 1. The van der Waals surface area contributed by atoms with Crippen molar-refractivity contribution in [3.63, 3.8) is 0 Å². The van der Waals surface area contributed by atoms with E-state index in [0.717, 1.165) is 10.4 Å². The zero-order valence-electron chi connectivity index (χ0n) is 6.82. The quantitative estimate of drug-likeness (QED) is 0.741. The van der Waals surface area contributed by atoms with Crippen molar-refractivity contribution in [1.29, 1.82) is 0 Å². The molecule has 1 aromatic heterocycles. The van der Waals surface area contributed by atoms with Gasteiger partial charge in [0.2, 0.25) is 0 Å². The molecule has 0 fully saturated rings. The van der Waals surface area contributed by atoms with E-state index < -0.39 is 11.9 Å². The van der Waals surface area contributed by atoms with Crippen molar-refractivity contribution in [3.05, 3.63) is 21.9 Å². The maximum Gasteiger partial charge on any atom is 0.307 e. The first-order valence-corrected chi connectivity index (χ1v) is 4.89. The zero-order valence-corrected chi connectivity index (χ0v) is 7.63. The molecule has 1 atom stereocenters. The number of carboxylic acid groups (broad SMARTS) is 1. The van der Waals surface area contributed by atoms with Crippen LogP contribution in [-0.2, 0) is 11.2 Å². The third-order valence-corrected chi connectivity index (χ3v) is 3.25. The number of ketones is 1. The van der Waals surface area contributed by atoms with Gasteiger partial charge >= 0.3 is 5.97 Å². The number of carboxylic acids is 1. The van der Waals surface area contributed by atoms with Gasteiger partial charge in [-0.15, -0.1) is 11.3 Å². The number of thiophene rings is 1. The summed E-state index contributed by atoms with van der Waals surface area (Å²) in [6.07, 6.45) is 0.656. The number of carbonyl (C=O) groups is 2. The third kappa shape index (κ3) is 1.37. The Bertz CT molecular complexity index is 367. The highest BCUT2D eigenvalue weighted by Gasteiger charge is 2.30. The summed E-state index contributed by atoms with van der Waals surface area (Å²) >= 11 is 1.40. The molecule has 4 heteroatoms. The largest absolute Gasteiger partial charge is 0.481 e. The molecule has 68 valence electrons. The Morgan fingerprint density at radius 3 is 3.00 bits per heavy atom. The lowest BCUT2D eigenvalue weighted by Crippen LogP contribution is -2.24. The number of aliphatic carboxylic acids is 1. The maximum absolute atomic E-state index is 11.4. The smallest absolute Gasteiger partial charge is 0.307 e. The van der Waals surface area contributed by atoms with Gasteiger partial charge in [0.05, 0.1) is 10.8 Å². The van der Waals surface area contributed by atoms with Crippen molar-refractivity contribution in [3.8, 4) is 0 Å². The van der Waals surface area contributed by atoms with E-state index in [4.69, 9.17) is 5.11 Å². The maximum atomic E-state index is 11.4. The highest BCUT2D eigenvalue weighted by Crippen LogP contribution is 2.29. The van der Waals surface area contributed by atoms with Crippen LogP contribution in [-0.4, -0.2) is 16.9 Å². The molecule has 0 saturated carbocycles. The van der Waals surface area contributed by atoms with Crippen LogP contribution in [0.3, 0.4) is 0 Å². The van der Waals surface area contributed by atoms with E-state index in [2.05, 4.69) is 0 Å². The summed E-state index contributed by atoms with van der Waals surface area (Å²) in [6.45, 7) is 0. The van der Waals surface area contributed by atoms with Gasteiger partial charge in [-0.05, 0) is 23.4 Å². The molecule has 0 unspecified atom stereocenters. The second kappa shape index (κ2) is 2.96. The topological polar surface area (TPSA) is 54.4 Å². The molecule has 0 aliphatic heterocycles. The van der Waals surface area contributed by atoms with Gasteiger partial charge in [0, 0.05) is 6.42 Å². The van der Waals surface area contributed by atoms with Crippen molar-refractivity contribution in [2.24, 2.45) is 5.92 Å². The SMILES string of the molecule is O=C1C[C@H](C(=O)O)Cc2ccsc21. The summed E-state index contributed by atoms with van der Waals surface area (Å²) in [5.41, 5.74) is 0.897. The summed E-state index contributed by atoms with van der Waals surface area (Å²) in [5, 5.41) is 10.6. The second-order valence-electron chi connectivity index (χ2n) is 3.14. The molecule has 0 radical (unpaired) electrons. The Labute approximate surface area is 79.0 Å². The molecule has 13 heavy (non-hydrogen) atoms. The fourth-order valence-electron chi connectivity index (χ4n) is 1.57. The minimum atomic E-state index is -0.870.